The third-order valence-electron chi connectivity index (χ3n) is 5.13. The van der Waals surface area contributed by atoms with Crippen LogP contribution < -0.4 is 10.6 Å². The number of hydrogen-bond donors (Lipinski definition) is 2. The molecule has 1 heterocycles. The fourth-order valence-corrected chi connectivity index (χ4v) is 3.81. The maximum atomic E-state index is 12.9. The van der Waals surface area contributed by atoms with Gasteiger partial charge in [-0.15, -0.1) is 0 Å². The van der Waals surface area contributed by atoms with Gasteiger partial charge < -0.3 is 20.1 Å². The van der Waals surface area contributed by atoms with Crippen LogP contribution in [0.3, 0.4) is 0 Å². The SMILES string of the molecule is CCN(CC(=O)Nc1cnc2cc(Br)ccc2c1NCCOCc1ccccc1)C(=O)OC(C)(C)C. The van der Waals surface area contributed by atoms with E-state index in [-0.39, 0.29) is 12.5 Å². The Hall–Kier alpha value is -3.17. The van der Waals surface area contributed by atoms with E-state index in [1.165, 1.54) is 4.90 Å². The summed E-state index contributed by atoms with van der Waals surface area (Å²) in [6.45, 7) is 8.91. The van der Waals surface area contributed by atoms with Crippen LogP contribution in [-0.2, 0) is 20.9 Å². The normalized spacial score (nSPS) is 11.2. The summed E-state index contributed by atoms with van der Waals surface area (Å²) in [5.74, 6) is -0.343. The molecule has 0 aliphatic rings. The summed E-state index contributed by atoms with van der Waals surface area (Å²) in [5.41, 5.74) is 2.51. The van der Waals surface area contributed by atoms with E-state index >= 15 is 0 Å². The van der Waals surface area contributed by atoms with Crippen LogP contribution in [-0.4, -0.2) is 53.7 Å². The number of halogens is 1. The summed E-state index contributed by atoms with van der Waals surface area (Å²) in [6.07, 6.45) is 1.08. The fourth-order valence-electron chi connectivity index (χ4n) is 3.46. The molecule has 1 aromatic heterocycles. The molecule has 0 fully saturated rings. The minimum atomic E-state index is -0.642. The largest absolute Gasteiger partial charge is 0.444 e. The van der Waals surface area contributed by atoms with Crippen molar-refractivity contribution < 1.29 is 19.1 Å². The van der Waals surface area contributed by atoms with E-state index in [1.807, 2.05) is 48.5 Å². The van der Waals surface area contributed by atoms with Crippen LogP contribution in [0.2, 0.25) is 0 Å². The van der Waals surface area contributed by atoms with Gasteiger partial charge in [0.25, 0.3) is 0 Å². The average Bonchev–Trinajstić information content (AvgIpc) is 2.82. The Labute approximate surface area is 220 Å². The lowest BCUT2D eigenvalue weighted by Crippen LogP contribution is -2.41. The fraction of sp³-hybridized carbons (Fsp3) is 0.370. The number of carbonyl (C=O) groups is 2. The van der Waals surface area contributed by atoms with Crippen LogP contribution >= 0.6 is 15.9 Å². The smallest absolute Gasteiger partial charge is 0.410 e. The highest BCUT2D eigenvalue weighted by molar-refractivity contribution is 9.10. The number of likely N-dealkylation sites (N-methyl/N-ethyl adjacent to an activating group) is 1. The Morgan fingerprint density at radius 1 is 1.11 bits per heavy atom. The Morgan fingerprint density at radius 3 is 2.56 bits per heavy atom. The Kier molecular flexibility index (Phi) is 9.66. The van der Waals surface area contributed by atoms with Crippen molar-refractivity contribution in [2.24, 2.45) is 0 Å². The second kappa shape index (κ2) is 12.7. The maximum absolute atomic E-state index is 12.9. The Balaban J connectivity index is 1.70. The third-order valence-corrected chi connectivity index (χ3v) is 5.63. The lowest BCUT2D eigenvalue weighted by atomic mass is 10.1. The number of benzene rings is 2. The van der Waals surface area contributed by atoms with Crippen molar-refractivity contribution in [1.82, 2.24) is 9.88 Å². The molecule has 0 unspecified atom stereocenters. The van der Waals surface area contributed by atoms with Gasteiger partial charge in [0.15, 0.2) is 0 Å². The van der Waals surface area contributed by atoms with Gasteiger partial charge in [0.2, 0.25) is 5.91 Å². The first kappa shape index (κ1) is 27.4. The molecule has 0 bridgehead atoms. The monoisotopic (exact) mass is 556 g/mol. The number of anilines is 2. The Morgan fingerprint density at radius 2 is 1.86 bits per heavy atom. The lowest BCUT2D eigenvalue weighted by molar-refractivity contribution is -0.117. The standard InChI is InChI=1S/C27H33BrN4O4/c1-5-32(26(34)36-27(2,3)4)17-24(33)31-23-16-30-22-15-20(28)11-12-21(22)25(23)29-13-14-35-18-19-9-7-6-8-10-19/h6-12,15-16H,5,13-14,17-18H2,1-4H3,(H,29,30)(H,31,33). The molecule has 0 atom stereocenters. The van der Waals surface area contributed by atoms with E-state index in [0.717, 1.165) is 26.6 Å². The van der Waals surface area contributed by atoms with Gasteiger partial charge in [-0.1, -0.05) is 46.3 Å². The van der Waals surface area contributed by atoms with Crippen molar-refractivity contribution >= 4 is 50.2 Å². The van der Waals surface area contributed by atoms with Crippen molar-refractivity contribution in [3.8, 4) is 0 Å². The summed E-state index contributed by atoms with van der Waals surface area (Å²) >= 11 is 3.48. The zero-order valence-corrected chi connectivity index (χ0v) is 22.7. The van der Waals surface area contributed by atoms with Gasteiger partial charge in [0.1, 0.15) is 12.1 Å². The van der Waals surface area contributed by atoms with Crippen LogP contribution in [0.4, 0.5) is 16.2 Å². The number of nitrogens with zero attached hydrogens (tertiary/aromatic N) is 2. The molecule has 0 saturated carbocycles. The van der Waals surface area contributed by atoms with Crippen LogP contribution in [0.15, 0.2) is 59.2 Å². The molecular formula is C27H33BrN4O4. The number of carbonyl (C=O) groups excluding carboxylic acids is 2. The summed E-state index contributed by atoms with van der Waals surface area (Å²) in [7, 11) is 0. The van der Waals surface area contributed by atoms with Crippen molar-refractivity contribution in [2.75, 3.05) is 36.9 Å². The molecule has 0 aliphatic carbocycles. The number of amides is 2. The summed E-state index contributed by atoms with van der Waals surface area (Å²) in [5, 5.41) is 7.15. The van der Waals surface area contributed by atoms with E-state index in [4.69, 9.17) is 9.47 Å². The molecule has 2 aromatic carbocycles. The molecule has 9 heteroatoms. The highest BCUT2D eigenvalue weighted by Crippen LogP contribution is 2.31. The molecule has 36 heavy (non-hydrogen) atoms. The number of rotatable bonds is 10. The number of fused-ring (bicyclic) bond motifs is 1. The molecular weight excluding hydrogens is 524 g/mol. The zero-order chi connectivity index (χ0) is 26.1. The molecule has 0 spiro atoms. The van der Waals surface area contributed by atoms with Crippen LogP contribution in [0, 0.1) is 0 Å². The van der Waals surface area contributed by atoms with E-state index in [9.17, 15) is 9.59 Å². The van der Waals surface area contributed by atoms with Gasteiger partial charge >= 0.3 is 6.09 Å². The predicted molar refractivity (Wildman–Crippen MR) is 146 cm³/mol. The van der Waals surface area contributed by atoms with Gasteiger partial charge in [-0.25, -0.2) is 4.79 Å². The number of hydrogen-bond acceptors (Lipinski definition) is 6. The van der Waals surface area contributed by atoms with E-state index in [2.05, 4.69) is 31.5 Å². The van der Waals surface area contributed by atoms with Crippen LogP contribution in [0.1, 0.15) is 33.3 Å². The topological polar surface area (TPSA) is 92.8 Å². The van der Waals surface area contributed by atoms with Crippen molar-refractivity contribution in [2.45, 2.75) is 39.9 Å². The summed E-state index contributed by atoms with van der Waals surface area (Å²) in [4.78, 5) is 31.2. The first-order valence-corrected chi connectivity index (χ1v) is 12.7. The molecule has 0 saturated heterocycles. The quantitative estimate of drug-likeness (QED) is 0.305. The van der Waals surface area contributed by atoms with Crippen molar-refractivity contribution in [3.63, 3.8) is 0 Å². The zero-order valence-electron chi connectivity index (χ0n) is 21.1. The van der Waals surface area contributed by atoms with E-state index < -0.39 is 11.7 Å². The number of nitrogens with one attached hydrogen (secondary N) is 2. The van der Waals surface area contributed by atoms with Crippen molar-refractivity contribution in [3.05, 3.63) is 64.8 Å². The van der Waals surface area contributed by atoms with Gasteiger partial charge in [0, 0.05) is 22.9 Å². The second-order valence-corrected chi connectivity index (χ2v) is 10.1. The molecule has 192 valence electrons. The highest BCUT2D eigenvalue weighted by Gasteiger charge is 2.23. The van der Waals surface area contributed by atoms with Gasteiger partial charge in [-0.05, 0) is 51.5 Å². The molecule has 3 aromatic rings. The number of ether oxygens (including phenoxy) is 2. The minimum Gasteiger partial charge on any atom is -0.444 e. The van der Waals surface area contributed by atoms with Gasteiger partial charge in [-0.2, -0.15) is 0 Å². The van der Waals surface area contributed by atoms with Gasteiger partial charge in [-0.3, -0.25) is 14.7 Å². The molecule has 8 nitrogen and oxygen atoms in total. The molecule has 0 aliphatic heterocycles. The highest BCUT2D eigenvalue weighted by atomic mass is 79.9. The first-order chi connectivity index (χ1) is 17.2. The van der Waals surface area contributed by atoms with Crippen LogP contribution in [0.25, 0.3) is 10.9 Å². The molecule has 2 amide bonds. The second-order valence-electron chi connectivity index (χ2n) is 9.22. The predicted octanol–water partition coefficient (Wildman–Crippen LogP) is 5.82. The lowest BCUT2D eigenvalue weighted by Gasteiger charge is -2.26. The number of pyridine rings is 1. The molecule has 0 radical (unpaired) electrons. The first-order valence-electron chi connectivity index (χ1n) is 11.9. The minimum absolute atomic E-state index is 0.136. The van der Waals surface area contributed by atoms with Gasteiger partial charge in [0.05, 0.1) is 36.3 Å². The average molecular weight is 557 g/mol. The third kappa shape index (κ3) is 8.20. The Bertz CT molecular complexity index is 1180. The van der Waals surface area contributed by atoms with E-state index in [0.29, 0.717) is 32.0 Å². The summed E-state index contributed by atoms with van der Waals surface area (Å²) < 4.78 is 12.1. The maximum Gasteiger partial charge on any atom is 0.410 e. The summed E-state index contributed by atoms with van der Waals surface area (Å²) in [6, 6.07) is 15.8. The molecule has 3 rings (SSSR count). The van der Waals surface area contributed by atoms with Crippen LogP contribution in [0.5, 0.6) is 0 Å². The molecule has 2 N–H and O–H groups in total. The van der Waals surface area contributed by atoms with Crippen molar-refractivity contribution in [1.29, 1.82) is 0 Å². The van der Waals surface area contributed by atoms with E-state index in [1.54, 1.807) is 33.9 Å². The number of aromatic nitrogens is 1.